The van der Waals surface area contributed by atoms with Crippen LogP contribution in [0, 0.1) is 0 Å². The van der Waals surface area contributed by atoms with E-state index in [1.54, 1.807) is 17.1 Å². The third-order valence-electron chi connectivity index (χ3n) is 2.96. The van der Waals surface area contributed by atoms with Crippen molar-refractivity contribution in [2.75, 3.05) is 0 Å². The summed E-state index contributed by atoms with van der Waals surface area (Å²) in [4.78, 5) is 12.0. The third kappa shape index (κ3) is 3.44. The monoisotopic (exact) mass is 257 g/mol. The van der Waals surface area contributed by atoms with E-state index in [1.165, 1.54) is 0 Å². The van der Waals surface area contributed by atoms with Crippen LogP contribution in [0.25, 0.3) is 5.69 Å². The summed E-state index contributed by atoms with van der Waals surface area (Å²) in [5.74, 6) is -0.0665. The maximum absolute atomic E-state index is 12.0. The van der Waals surface area contributed by atoms with Crippen LogP contribution in [-0.2, 0) is 0 Å². The van der Waals surface area contributed by atoms with Gasteiger partial charge in [-0.15, -0.1) is 0 Å². The first kappa shape index (κ1) is 13.3. The zero-order chi connectivity index (χ0) is 13.7. The summed E-state index contributed by atoms with van der Waals surface area (Å²) in [6.07, 6.45) is 5.40. The van der Waals surface area contributed by atoms with E-state index in [1.807, 2.05) is 37.3 Å². The second-order valence-corrected chi connectivity index (χ2v) is 4.67. The lowest BCUT2D eigenvalue weighted by Gasteiger charge is -2.11. The van der Waals surface area contributed by atoms with E-state index in [-0.39, 0.29) is 11.9 Å². The molecule has 0 aliphatic carbocycles. The zero-order valence-electron chi connectivity index (χ0n) is 11.3. The van der Waals surface area contributed by atoms with Gasteiger partial charge in [-0.05, 0) is 25.5 Å². The van der Waals surface area contributed by atoms with Gasteiger partial charge in [-0.25, -0.2) is 4.68 Å². The average Bonchev–Trinajstić information content (AvgIpc) is 2.89. The molecule has 0 fully saturated rings. The van der Waals surface area contributed by atoms with Gasteiger partial charge < -0.3 is 5.32 Å². The molecule has 1 aromatic heterocycles. The van der Waals surface area contributed by atoms with Crippen LogP contribution in [0.15, 0.2) is 42.7 Å². The highest BCUT2D eigenvalue weighted by Crippen LogP contribution is 2.08. The molecule has 19 heavy (non-hydrogen) atoms. The molecular formula is C15H19N3O. The fraction of sp³-hybridized carbons (Fsp3) is 0.333. The summed E-state index contributed by atoms with van der Waals surface area (Å²) < 4.78 is 1.71. The Balaban J connectivity index is 2.07. The molecule has 1 unspecified atom stereocenters. The molecule has 2 aromatic rings. The number of rotatable bonds is 5. The van der Waals surface area contributed by atoms with Gasteiger partial charge >= 0.3 is 0 Å². The SMILES string of the molecule is CCCC(C)NC(=O)c1cnn(-c2ccccc2)c1. The topological polar surface area (TPSA) is 46.9 Å². The fourth-order valence-electron chi connectivity index (χ4n) is 1.97. The van der Waals surface area contributed by atoms with E-state index >= 15 is 0 Å². The summed E-state index contributed by atoms with van der Waals surface area (Å²) in [5, 5.41) is 7.19. The predicted octanol–water partition coefficient (Wildman–Crippen LogP) is 2.79. The maximum Gasteiger partial charge on any atom is 0.254 e. The van der Waals surface area contributed by atoms with Crippen LogP contribution < -0.4 is 5.32 Å². The first-order valence-corrected chi connectivity index (χ1v) is 6.61. The second-order valence-electron chi connectivity index (χ2n) is 4.67. The Kier molecular flexibility index (Phi) is 4.34. The second kappa shape index (κ2) is 6.18. The minimum absolute atomic E-state index is 0.0665. The molecule has 4 nitrogen and oxygen atoms in total. The number of hydrogen-bond donors (Lipinski definition) is 1. The lowest BCUT2D eigenvalue weighted by molar-refractivity contribution is 0.0938. The highest BCUT2D eigenvalue weighted by Gasteiger charge is 2.11. The van der Waals surface area contributed by atoms with Crippen molar-refractivity contribution in [1.82, 2.24) is 15.1 Å². The molecule has 2 rings (SSSR count). The molecule has 0 spiro atoms. The van der Waals surface area contributed by atoms with Crippen LogP contribution in [0.2, 0.25) is 0 Å². The summed E-state index contributed by atoms with van der Waals surface area (Å²) in [6, 6.07) is 9.94. The lowest BCUT2D eigenvalue weighted by atomic mass is 10.2. The molecule has 100 valence electrons. The molecule has 1 N–H and O–H groups in total. The first-order chi connectivity index (χ1) is 9.20. The van der Waals surface area contributed by atoms with Crippen molar-refractivity contribution < 1.29 is 4.79 Å². The molecule has 1 heterocycles. The van der Waals surface area contributed by atoms with Crippen molar-refractivity contribution in [2.24, 2.45) is 0 Å². The van der Waals surface area contributed by atoms with Crippen molar-refractivity contribution in [3.05, 3.63) is 48.3 Å². The number of hydrogen-bond acceptors (Lipinski definition) is 2. The zero-order valence-corrected chi connectivity index (χ0v) is 11.3. The van der Waals surface area contributed by atoms with Gasteiger partial charge in [0.2, 0.25) is 0 Å². The van der Waals surface area contributed by atoms with Crippen molar-refractivity contribution >= 4 is 5.91 Å². The Bertz CT molecular complexity index is 533. The maximum atomic E-state index is 12.0. The Morgan fingerprint density at radius 2 is 2.11 bits per heavy atom. The van der Waals surface area contributed by atoms with Gasteiger partial charge in [-0.2, -0.15) is 5.10 Å². The number of nitrogens with one attached hydrogen (secondary N) is 1. The number of nitrogens with zero attached hydrogens (tertiary/aromatic N) is 2. The highest BCUT2D eigenvalue weighted by molar-refractivity contribution is 5.93. The van der Waals surface area contributed by atoms with Crippen molar-refractivity contribution in [3.63, 3.8) is 0 Å². The molecule has 0 aliphatic rings. The Morgan fingerprint density at radius 3 is 2.79 bits per heavy atom. The normalized spacial score (nSPS) is 12.1. The van der Waals surface area contributed by atoms with Crippen LogP contribution >= 0.6 is 0 Å². The van der Waals surface area contributed by atoms with Crippen LogP contribution in [0.4, 0.5) is 0 Å². The van der Waals surface area contributed by atoms with E-state index < -0.39 is 0 Å². The molecule has 0 saturated carbocycles. The number of carbonyl (C=O) groups is 1. The van der Waals surface area contributed by atoms with E-state index in [0.717, 1.165) is 18.5 Å². The van der Waals surface area contributed by atoms with Gasteiger partial charge in [0.25, 0.3) is 5.91 Å². The van der Waals surface area contributed by atoms with Crippen molar-refractivity contribution in [1.29, 1.82) is 0 Å². The van der Waals surface area contributed by atoms with Crippen molar-refractivity contribution in [3.8, 4) is 5.69 Å². The summed E-state index contributed by atoms with van der Waals surface area (Å²) in [6.45, 7) is 4.12. The van der Waals surface area contributed by atoms with Gasteiger partial charge in [0.1, 0.15) is 0 Å². The van der Waals surface area contributed by atoms with E-state index in [2.05, 4.69) is 17.3 Å². The predicted molar refractivity (Wildman–Crippen MR) is 75.4 cm³/mol. The van der Waals surface area contributed by atoms with Gasteiger partial charge in [0.15, 0.2) is 0 Å². The molecule has 0 saturated heterocycles. The minimum atomic E-state index is -0.0665. The van der Waals surface area contributed by atoms with Crippen LogP contribution in [0.3, 0.4) is 0 Å². The summed E-state index contributed by atoms with van der Waals surface area (Å²) in [5.41, 5.74) is 1.54. The molecule has 1 atom stereocenters. The summed E-state index contributed by atoms with van der Waals surface area (Å²) >= 11 is 0. The van der Waals surface area contributed by atoms with E-state index in [9.17, 15) is 4.79 Å². The number of para-hydroxylation sites is 1. The van der Waals surface area contributed by atoms with Crippen molar-refractivity contribution in [2.45, 2.75) is 32.7 Å². The smallest absolute Gasteiger partial charge is 0.254 e. The number of carbonyl (C=O) groups excluding carboxylic acids is 1. The molecular weight excluding hydrogens is 238 g/mol. The van der Waals surface area contributed by atoms with Gasteiger partial charge in [0.05, 0.1) is 17.4 Å². The van der Waals surface area contributed by atoms with Crippen LogP contribution in [0.5, 0.6) is 0 Å². The molecule has 1 aromatic carbocycles. The minimum Gasteiger partial charge on any atom is -0.349 e. The molecule has 0 aliphatic heterocycles. The quantitative estimate of drug-likeness (QED) is 0.895. The van der Waals surface area contributed by atoms with Crippen LogP contribution in [0.1, 0.15) is 37.0 Å². The summed E-state index contributed by atoms with van der Waals surface area (Å²) in [7, 11) is 0. The van der Waals surface area contributed by atoms with E-state index in [0.29, 0.717) is 5.56 Å². The average molecular weight is 257 g/mol. The third-order valence-corrected chi connectivity index (χ3v) is 2.96. The Labute approximate surface area is 113 Å². The van der Waals surface area contributed by atoms with Gasteiger partial charge in [0, 0.05) is 12.2 Å². The lowest BCUT2D eigenvalue weighted by Crippen LogP contribution is -2.32. The van der Waals surface area contributed by atoms with Crippen LogP contribution in [-0.4, -0.2) is 21.7 Å². The Hall–Kier alpha value is -2.10. The number of amides is 1. The first-order valence-electron chi connectivity index (χ1n) is 6.61. The largest absolute Gasteiger partial charge is 0.349 e. The highest BCUT2D eigenvalue weighted by atomic mass is 16.1. The molecule has 4 heteroatoms. The standard InChI is InChI=1S/C15H19N3O/c1-3-7-12(2)17-15(19)13-10-16-18(11-13)14-8-5-4-6-9-14/h4-6,8-12H,3,7H2,1-2H3,(H,17,19). The van der Waals surface area contributed by atoms with Gasteiger partial charge in [-0.1, -0.05) is 31.5 Å². The molecule has 1 amide bonds. The number of aromatic nitrogens is 2. The molecule has 0 bridgehead atoms. The Morgan fingerprint density at radius 1 is 1.37 bits per heavy atom. The van der Waals surface area contributed by atoms with Gasteiger partial charge in [-0.3, -0.25) is 4.79 Å². The molecule has 0 radical (unpaired) electrons. The fourth-order valence-corrected chi connectivity index (χ4v) is 1.97. The number of benzene rings is 1. The van der Waals surface area contributed by atoms with E-state index in [4.69, 9.17) is 0 Å².